The fourth-order valence-electron chi connectivity index (χ4n) is 1.21. The van der Waals surface area contributed by atoms with Gasteiger partial charge in [0.2, 0.25) is 0 Å². The van der Waals surface area contributed by atoms with E-state index in [0.717, 1.165) is 0 Å². The number of primary amides is 1. The van der Waals surface area contributed by atoms with Crippen molar-refractivity contribution in [3.63, 3.8) is 0 Å². The molecule has 0 bridgehead atoms. The lowest BCUT2D eigenvalue weighted by molar-refractivity contribution is 0.259. The Hall–Kier alpha value is -1.69. The number of nitrogens with one attached hydrogen (secondary N) is 1. The molecule has 0 radical (unpaired) electrons. The van der Waals surface area contributed by atoms with Crippen LogP contribution in [0.1, 0.15) is 5.56 Å². The summed E-state index contributed by atoms with van der Waals surface area (Å²) in [6.07, 6.45) is 0. The van der Waals surface area contributed by atoms with Crippen molar-refractivity contribution >= 4 is 36.1 Å². The van der Waals surface area contributed by atoms with E-state index in [9.17, 15) is 4.79 Å². The molecule has 0 unspecified atom stereocenters. The summed E-state index contributed by atoms with van der Waals surface area (Å²) in [5.74, 6) is 0. The average molecular weight is 312 g/mol. The molecule has 0 atom stereocenters. The molecule has 2 amide bonds. The van der Waals surface area contributed by atoms with Crippen LogP contribution in [0.3, 0.4) is 0 Å². The lowest BCUT2D eigenvalue weighted by atomic mass is 10.2. The van der Waals surface area contributed by atoms with E-state index in [0.29, 0.717) is 10.7 Å². The van der Waals surface area contributed by atoms with Gasteiger partial charge in [0, 0.05) is 10.7 Å². The van der Waals surface area contributed by atoms with E-state index in [2.05, 4.69) is 42.3 Å². The number of rotatable bonds is 1. The number of benzene rings is 2. The molecule has 0 aromatic heterocycles. The van der Waals surface area contributed by atoms with Crippen molar-refractivity contribution in [3.8, 4) is 0 Å². The molecule has 0 saturated heterocycles. The Bertz CT molecular complexity index is 492. The highest BCUT2D eigenvalue weighted by atomic mass is 35.5. The second kappa shape index (κ2) is 11.2. The van der Waals surface area contributed by atoms with Crippen LogP contribution in [0.25, 0.3) is 0 Å². The first-order valence-electron chi connectivity index (χ1n) is 5.67. The van der Waals surface area contributed by atoms with Gasteiger partial charge in [0.25, 0.3) is 0 Å². The number of carbonyl (C=O) groups is 1. The minimum atomic E-state index is -0.577. The fraction of sp³-hybridized carbons (Fsp3) is 0.0714. The van der Waals surface area contributed by atoms with Crippen molar-refractivity contribution in [3.05, 3.63) is 65.2 Å². The zero-order valence-electron chi connectivity index (χ0n) is 11.1. The highest BCUT2D eigenvalue weighted by Gasteiger charge is 1.93. The minimum Gasteiger partial charge on any atom is -0.351 e. The van der Waals surface area contributed by atoms with E-state index in [4.69, 9.17) is 17.3 Å². The third-order valence-electron chi connectivity index (χ3n) is 2.05. The molecule has 2 rings (SSSR count). The summed E-state index contributed by atoms with van der Waals surface area (Å²) in [5.41, 5.74) is 6.84. The molecule has 2 aromatic rings. The standard InChI is InChI=1S/C7H7ClN2O.C7H8.H3NS/c8-5-1-3-6(4-2-5)10-7(9)11;1-7-5-3-2-4-6-7;1-2/h1-4H,(H3,9,10,11);2-6H,1H3;2H,1H2. The average Bonchev–Trinajstić information content (AvgIpc) is 2.45. The molecule has 0 aliphatic heterocycles. The normalized spacial score (nSPS) is 8.40. The lowest BCUT2D eigenvalue weighted by Gasteiger charge is -1.99. The Morgan fingerprint density at radius 1 is 1.05 bits per heavy atom. The van der Waals surface area contributed by atoms with Crippen LogP contribution in [0.4, 0.5) is 10.5 Å². The third-order valence-corrected chi connectivity index (χ3v) is 2.30. The van der Waals surface area contributed by atoms with Gasteiger partial charge >= 0.3 is 6.03 Å². The van der Waals surface area contributed by atoms with Crippen LogP contribution in [0, 0.1) is 6.92 Å². The summed E-state index contributed by atoms with van der Waals surface area (Å²) in [7, 11) is 0. The van der Waals surface area contributed by atoms with Gasteiger partial charge in [-0.25, -0.2) is 4.79 Å². The molecule has 6 heteroatoms. The van der Waals surface area contributed by atoms with Gasteiger partial charge in [0.1, 0.15) is 0 Å². The highest BCUT2D eigenvalue weighted by molar-refractivity contribution is 7.77. The van der Waals surface area contributed by atoms with Gasteiger partial charge in [-0.2, -0.15) is 0 Å². The first kappa shape index (κ1) is 18.3. The number of urea groups is 1. The number of amides is 2. The van der Waals surface area contributed by atoms with Gasteiger partial charge < -0.3 is 11.1 Å². The predicted octanol–water partition coefficient (Wildman–Crippen LogP) is 3.62. The van der Waals surface area contributed by atoms with E-state index < -0.39 is 6.03 Å². The first-order chi connectivity index (χ1) is 9.58. The molecule has 2 aromatic carbocycles. The number of carbonyl (C=O) groups excluding carboxylic acids is 1. The first-order valence-corrected chi connectivity index (χ1v) is 6.57. The molecule has 4 nitrogen and oxygen atoms in total. The summed E-state index contributed by atoms with van der Waals surface area (Å²) in [4.78, 5) is 10.3. The topological polar surface area (TPSA) is 81.1 Å². The zero-order valence-corrected chi connectivity index (χ0v) is 12.7. The Morgan fingerprint density at radius 3 is 1.90 bits per heavy atom. The molecular formula is C14H18ClN3OS. The molecule has 0 fully saturated rings. The van der Waals surface area contributed by atoms with E-state index in [1.165, 1.54) is 5.56 Å². The monoisotopic (exact) mass is 311 g/mol. The molecule has 20 heavy (non-hydrogen) atoms. The third kappa shape index (κ3) is 9.27. The number of hydrogen-bond donors (Lipinski definition) is 4. The van der Waals surface area contributed by atoms with Crippen LogP contribution >= 0.6 is 24.4 Å². The quantitative estimate of drug-likeness (QED) is 0.607. The molecule has 108 valence electrons. The number of anilines is 1. The van der Waals surface area contributed by atoms with Crippen molar-refractivity contribution in [1.29, 1.82) is 0 Å². The van der Waals surface area contributed by atoms with Crippen molar-refractivity contribution < 1.29 is 4.79 Å². The van der Waals surface area contributed by atoms with Crippen LogP contribution in [-0.2, 0) is 0 Å². The fourth-order valence-corrected chi connectivity index (χ4v) is 1.34. The second-order valence-corrected chi connectivity index (χ2v) is 4.09. The van der Waals surface area contributed by atoms with Gasteiger partial charge in [-0.3, -0.25) is 5.14 Å². The summed E-state index contributed by atoms with van der Waals surface area (Å²) >= 11 is 8.63. The van der Waals surface area contributed by atoms with Gasteiger partial charge in [-0.1, -0.05) is 47.5 Å². The number of thiol groups is 1. The number of aryl methyl sites for hydroxylation is 1. The maximum absolute atomic E-state index is 10.3. The van der Waals surface area contributed by atoms with E-state index in [-0.39, 0.29) is 0 Å². The van der Waals surface area contributed by atoms with Crippen LogP contribution in [0.15, 0.2) is 54.6 Å². The molecule has 5 N–H and O–H groups in total. The SMILES string of the molecule is Cc1ccccc1.NC(=O)Nc1ccc(Cl)cc1.NS. The Morgan fingerprint density at radius 2 is 1.55 bits per heavy atom. The summed E-state index contributed by atoms with van der Waals surface area (Å²) in [6.45, 7) is 2.08. The maximum atomic E-state index is 10.3. The van der Waals surface area contributed by atoms with Gasteiger partial charge in [0.15, 0.2) is 0 Å². The Kier molecular flexibility index (Phi) is 10.2. The number of hydrogen-bond acceptors (Lipinski definition) is 3. The number of halogens is 1. The predicted molar refractivity (Wildman–Crippen MR) is 89.0 cm³/mol. The van der Waals surface area contributed by atoms with E-state index in [1.807, 2.05) is 18.2 Å². The summed E-state index contributed by atoms with van der Waals surface area (Å²) < 4.78 is 0. The van der Waals surface area contributed by atoms with Crippen molar-refractivity contribution in [2.45, 2.75) is 6.92 Å². The molecule has 0 saturated carbocycles. The van der Waals surface area contributed by atoms with Gasteiger partial charge in [-0.05, 0) is 31.2 Å². The second-order valence-electron chi connectivity index (χ2n) is 3.65. The summed E-state index contributed by atoms with van der Waals surface area (Å²) in [6, 6.07) is 16.4. The molecular weight excluding hydrogens is 294 g/mol. The van der Waals surface area contributed by atoms with Gasteiger partial charge in [-0.15, -0.1) is 12.8 Å². The number of nitrogens with two attached hydrogens (primary N) is 2. The van der Waals surface area contributed by atoms with Crippen molar-refractivity contribution in [1.82, 2.24) is 0 Å². The van der Waals surface area contributed by atoms with Crippen LogP contribution in [0.2, 0.25) is 5.02 Å². The van der Waals surface area contributed by atoms with E-state index in [1.54, 1.807) is 24.3 Å². The van der Waals surface area contributed by atoms with Crippen LogP contribution in [0.5, 0.6) is 0 Å². The largest absolute Gasteiger partial charge is 0.351 e. The summed E-state index contributed by atoms with van der Waals surface area (Å²) in [5, 5.41) is 7.23. The minimum absolute atomic E-state index is 0.577. The van der Waals surface area contributed by atoms with E-state index >= 15 is 0 Å². The maximum Gasteiger partial charge on any atom is 0.316 e. The lowest BCUT2D eigenvalue weighted by Crippen LogP contribution is -2.18. The Labute approximate surface area is 129 Å². The van der Waals surface area contributed by atoms with Gasteiger partial charge in [0.05, 0.1) is 0 Å². The molecule has 0 aliphatic rings. The molecule has 0 aliphatic carbocycles. The van der Waals surface area contributed by atoms with Crippen molar-refractivity contribution in [2.75, 3.05) is 5.32 Å². The zero-order chi connectivity index (χ0) is 15.4. The smallest absolute Gasteiger partial charge is 0.316 e. The van der Waals surface area contributed by atoms with Crippen molar-refractivity contribution in [2.24, 2.45) is 10.9 Å². The molecule has 0 spiro atoms. The molecule has 0 heterocycles. The Balaban J connectivity index is 0.000000345. The van der Waals surface area contributed by atoms with Crippen LogP contribution < -0.4 is 16.2 Å². The van der Waals surface area contributed by atoms with Crippen LogP contribution in [-0.4, -0.2) is 6.03 Å². The highest BCUT2D eigenvalue weighted by Crippen LogP contribution is 2.12.